The van der Waals surface area contributed by atoms with Gasteiger partial charge < -0.3 is 0 Å². The number of carbonyl (C=O) groups is 3. The zero-order valence-corrected chi connectivity index (χ0v) is 9.68. The van der Waals surface area contributed by atoms with Gasteiger partial charge >= 0.3 is 0 Å². The third-order valence-corrected chi connectivity index (χ3v) is 2.94. The molecule has 0 aliphatic carbocycles. The molecule has 0 saturated carbocycles. The number of rotatable bonds is 2. The van der Waals surface area contributed by atoms with Crippen LogP contribution in [0.4, 0.5) is 0 Å². The van der Waals surface area contributed by atoms with Gasteiger partial charge in [-0.25, -0.2) is 4.90 Å². The molecule has 88 valence electrons. The maximum absolute atomic E-state index is 11.9. The predicted molar refractivity (Wildman–Crippen MR) is 61.4 cm³/mol. The summed E-state index contributed by atoms with van der Waals surface area (Å²) in [5.41, 5.74) is 0.746. The Labute approximate surface area is 103 Å². The highest BCUT2D eigenvalue weighted by atomic mass is 35.5. The number of halogens is 1. The monoisotopic (exact) mass is 251 g/mol. The van der Waals surface area contributed by atoms with Crippen LogP contribution in [0.2, 0.25) is 0 Å². The van der Waals surface area contributed by atoms with Crippen LogP contribution in [0.5, 0.6) is 0 Å². The van der Waals surface area contributed by atoms with E-state index in [0.717, 1.165) is 5.56 Å². The molecular weight excluding hydrogens is 242 g/mol. The first-order chi connectivity index (χ1) is 8.15. The van der Waals surface area contributed by atoms with Gasteiger partial charge in [0.15, 0.2) is 0 Å². The fourth-order valence-corrected chi connectivity index (χ4v) is 2.02. The summed E-state index contributed by atoms with van der Waals surface area (Å²) in [7, 11) is 0. The number of amides is 3. The summed E-state index contributed by atoms with van der Waals surface area (Å²) < 4.78 is 0. The molecule has 1 aromatic carbocycles. The smallest absolute Gasteiger partial charge is 0.250 e. The van der Waals surface area contributed by atoms with Gasteiger partial charge in [-0.15, -0.1) is 11.6 Å². The van der Waals surface area contributed by atoms with Crippen LogP contribution in [-0.4, -0.2) is 28.5 Å². The summed E-state index contributed by atoms with van der Waals surface area (Å²) in [6.45, 7) is 0. The van der Waals surface area contributed by atoms with Crippen molar-refractivity contribution in [1.82, 2.24) is 4.90 Å². The second kappa shape index (κ2) is 4.67. The van der Waals surface area contributed by atoms with Crippen molar-refractivity contribution in [3.8, 4) is 0 Å². The van der Waals surface area contributed by atoms with E-state index >= 15 is 0 Å². The van der Waals surface area contributed by atoms with E-state index in [1.165, 1.54) is 0 Å². The Balaban J connectivity index is 2.28. The maximum Gasteiger partial charge on any atom is 0.250 e. The summed E-state index contributed by atoms with van der Waals surface area (Å²) in [6, 6.07) is 8.94. The normalized spacial score (nSPS) is 19.8. The number of hydrogen-bond donors (Lipinski definition) is 0. The average Bonchev–Trinajstić information content (AvgIpc) is 2.65. The Hall–Kier alpha value is -1.68. The van der Waals surface area contributed by atoms with Crippen LogP contribution < -0.4 is 0 Å². The minimum absolute atomic E-state index is 0.0332. The van der Waals surface area contributed by atoms with Crippen molar-refractivity contribution in [2.75, 3.05) is 5.88 Å². The minimum Gasteiger partial charge on any atom is -0.274 e. The SMILES string of the molecule is O=C(CCl)N1C(=O)CC(c2ccccc2)C1=O. The molecule has 0 aromatic heterocycles. The molecule has 2 rings (SSSR count). The molecule has 0 N–H and O–H groups in total. The molecule has 1 aliphatic rings. The zero-order chi connectivity index (χ0) is 12.4. The second-order valence-corrected chi connectivity index (χ2v) is 4.03. The topological polar surface area (TPSA) is 54.5 Å². The molecule has 1 unspecified atom stereocenters. The first-order valence-electron chi connectivity index (χ1n) is 5.15. The average molecular weight is 252 g/mol. The molecule has 4 nitrogen and oxygen atoms in total. The fraction of sp³-hybridized carbons (Fsp3) is 0.250. The number of carbonyl (C=O) groups excluding carboxylic acids is 3. The Kier molecular flexibility index (Phi) is 3.24. The van der Waals surface area contributed by atoms with E-state index in [1.807, 2.05) is 6.07 Å². The van der Waals surface area contributed by atoms with Crippen LogP contribution in [0, 0.1) is 0 Å². The second-order valence-electron chi connectivity index (χ2n) is 3.76. The molecule has 3 amide bonds. The van der Waals surface area contributed by atoms with Crippen molar-refractivity contribution < 1.29 is 14.4 Å². The van der Waals surface area contributed by atoms with Gasteiger partial charge in [-0.1, -0.05) is 30.3 Å². The molecule has 17 heavy (non-hydrogen) atoms. The lowest BCUT2D eigenvalue weighted by Crippen LogP contribution is -2.37. The van der Waals surface area contributed by atoms with Crippen LogP contribution in [0.15, 0.2) is 30.3 Å². The van der Waals surface area contributed by atoms with Crippen molar-refractivity contribution in [1.29, 1.82) is 0 Å². The molecule has 1 saturated heterocycles. The lowest BCUT2D eigenvalue weighted by Gasteiger charge is -2.11. The molecule has 5 heteroatoms. The molecule has 1 atom stereocenters. The zero-order valence-electron chi connectivity index (χ0n) is 8.93. The van der Waals surface area contributed by atoms with Gasteiger partial charge in [0, 0.05) is 6.42 Å². The third kappa shape index (κ3) is 2.08. The summed E-state index contributed by atoms with van der Waals surface area (Å²) in [4.78, 5) is 35.6. The molecule has 0 spiro atoms. The van der Waals surface area contributed by atoms with Crippen molar-refractivity contribution in [2.45, 2.75) is 12.3 Å². The van der Waals surface area contributed by atoms with Crippen LogP contribution in [0.1, 0.15) is 17.9 Å². The van der Waals surface area contributed by atoms with Gasteiger partial charge in [0.25, 0.3) is 5.91 Å². The van der Waals surface area contributed by atoms with Gasteiger partial charge in [0.2, 0.25) is 11.8 Å². The minimum atomic E-state index is -0.653. The highest BCUT2D eigenvalue weighted by Gasteiger charge is 2.42. The molecule has 0 radical (unpaired) electrons. The maximum atomic E-state index is 11.9. The standard InChI is InChI=1S/C12H10ClNO3/c13-7-11(16)14-10(15)6-9(12(14)17)8-4-2-1-3-5-8/h1-5,9H,6-7H2. The molecule has 1 aliphatic heterocycles. The van der Waals surface area contributed by atoms with Gasteiger partial charge in [-0.2, -0.15) is 0 Å². The van der Waals surface area contributed by atoms with Gasteiger partial charge in [-0.05, 0) is 5.56 Å². The first kappa shape index (κ1) is 11.8. The molecular formula is C12H10ClNO3. The quantitative estimate of drug-likeness (QED) is 0.588. The van der Waals surface area contributed by atoms with Crippen LogP contribution >= 0.6 is 11.6 Å². The number of imide groups is 3. The van der Waals surface area contributed by atoms with Crippen LogP contribution in [-0.2, 0) is 14.4 Å². The highest BCUT2D eigenvalue weighted by Crippen LogP contribution is 2.29. The Morgan fingerprint density at radius 3 is 2.53 bits per heavy atom. The van der Waals surface area contributed by atoms with E-state index in [0.29, 0.717) is 4.90 Å². The Bertz CT molecular complexity index is 472. The number of likely N-dealkylation sites (tertiary alicyclic amines) is 1. The van der Waals surface area contributed by atoms with Crippen molar-refractivity contribution in [3.05, 3.63) is 35.9 Å². The largest absolute Gasteiger partial charge is 0.274 e. The summed E-state index contributed by atoms with van der Waals surface area (Å²) in [5.74, 6) is -2.53. The Morgan fingerprint density at radius 1 is 1.29 bits per heavy atom. The molecule has 1 aromatic rings. The highest BCUT2D eigenvalue weighted by molar-refractivity contribution is 6.31. The van der Waals surface area contributed by atoms with E-state index in [-0.39, 0.29) is 12.3 Å². The molecule has 1 heterocycles. The van der Waals surface area contributed by atoms with Gasteiger partial charge in [0.1, 0.15) is 5.88 Å². The lowest BCUT2D eigenvalue weighted by atomic mass is 9.98. The number of benzene rings is 1. The van der Waals surface area contributed by atoms with Crippen molar-refractivity contribution in [2.24, 2.45) is 0 Å². The fourth-order valence-electron chi connectivity index (χ4n) is 1.90. The first-order valence-corrected chi connectivity index (χ1v) is 5.69. The van der Waals surface area contributed by atoms with Crippen LogP contribution in [0.25, 0.3) is 0 Å². The molecule has 1 fully saturated rings. The van der Waals surface area contributed by atoms with Gasteiger partial charge in [0.05, 0.1) is 5.92 Å². The van der Waals surface area contributed by atoms with Gasteiger partial charge in [-0.3, -0.25) is 14.4 Å². The van der Waals surface area contributed by atoms with E-state index in [1.54, 1.807) is 24.3 Å². The third-order valence-electron chi connectivity index (χ3n) is 2.71. The Morgan fingerprint density at radius 2 is 1.94 bits per heavy atom. The number of alkyl halides is 1. The number of hydrogen-bond acceptors (Lipinski definition) is 3. The number of nitrogens with zero attached hydrogens (tertiary/aromatic N) is 1. The summed E-state index contributed by atoms with van der Waals surface area (Å²) >= 11 is 5.36. The van der Waals surface area contributed by atoms with E-state index in [9.17, 15) is 14.4 Å². The lowest BCUT2D eigenvalue weighted by molar-refractivity contribution is -0.148. The van der Waals surface area contributed by atoms with Crippen molar-refractivity contribution in [3.63, 3.8) is 0 Å². The van der Waals surface area contributed by atoms with E-state index < -0.39 is 23.6 Å². The molecule has 0 bridgehead atoms. The summed E-state index contributed by atoms with van der Waals surface area (Å²) in [5, 5.41) is 0. The predicted octanol–water partition coefficient (Wildman–Crippen LogP) is 1.29. The van der Waals surface area contributed by atoms with E-state index in [2.05, 4.69) is 0 Å². The van der Waals surface area contributed by atoms with Crippen molar-refractivity contribution >= 4 is 29.3 Å². The van der Waals surface area contributed by atoms with Crippen LogP contribution in [0.3, 0.4) is 0 Å². The summed E-state index contributed by atoms with van der Waals surface area (Å²) in [6.07, 6.45) is 0.0332. The van der Waals surface area contributed by atoms with E-state index in [4.69, 9.17) is 11.6 Å².